The Labute approximate surface area is 397 Å². The van der Waals surface area contributed by atoms with Crippen molar-refractivity contribution in [1.29, 1.82) is 0 Å². The van der Waals surface area contributed by atoms with Gasteiger partial charge in [0, 0.05) is 53.2 Å². The highest BCUT2D eigenvalue weighted by atomic mass is 32.1. The van der Waals surface area contributed by atoms with Crippen LogP contribution in [-0.2, 0) is 0 Å². The van der Waals surface area contributed by atoms with Gasteiger partial charge in [-0.15, -0.1) is 11.3 Å². The molecule has 0 spiro atoms. The molecule has 0 fully saturated rings. The van der Waals surface area contributed by atoms with Gasteiger partial charge in [-0.1, -0.05) is 200 Å². The highest BCUT2D eigenvalue weighted by molar-refractivity contribution is 7.26. The van der Waals surface area contributed by atoms with E-state index in [1.54, 1.807) is 0 Å². The lowest BCUT2D eigenvalue weighted by atomic mass is 10.00. The number of nitrogens with zero attached hydrogens (tertiary/aromatic N) is 4. The summed E-state index contributed by atoms with van der Waals surface area (Å²) in [5.41, 5.74) is 15.3. The lowest BCUT2D eigenvalue weighted by molar-refractivity contribution is 1.07. The Morgan fingerprint density at radius 2 is 0.750 bits per heavy atom. The van der Waals surface area contributed by atoms with Crippen LogP contribution in [0.15, 0.2) is 243 Å². The first-order valence-electron chi connectivity index (χ1n) is 22.9. The molecular formula is C63H40N4S. The third kappa shape index (κ3) is 6.96. The first-order chi connectivity index (χ1) is 33.7. The zero-order valence-electron chi connectivity index (χ0n) is 36.8. The maximum atomic E-state index is 5.34. The van der Waals surface area contributed by atoms with Crippen molar-refractivity contribution in [3.05, 3.63) is 243 Å². The Balaban J connectivity index is 1.02. The normalized spacial score (nSPS) is 11.5. The molecule has 3 aromatic heterocycles. The van der Waals surface area contributed by atoms with Crippen molar-refractivity contribution in [3.8, 4) is 84.4 Å². The Morgan fingerprint density at radius 1 is 0.279 bits per heavy atom. The topological polar surface area (TPSA) is 43.6 Å². The first-order valence-corrected chi connectivity index (χ1v) is 23.7. The highest BCUT2D eigenvalue weighted by Crippen LogP contribution is 2.43. The van der Waals surface area contributed by atoms with Crippen LogP contribution in [0.25, 0.3) is 126 Å². The van der Waals surface area contributed by atoms with Gasteiger partial charge in [0.05, 0.1) is 16.7 Å². The molecule has 0 bridgehead atoms. The molecule has 0 aliphatic carbocycles. The third-order valence-electron chi connectivity index (χ3n) is 13.1. The van der Waals surface area contributed by atoms with Crippen LogP contribution in [0.2, 0.25) is 0 Å². The molecule has 0 radical (unpaired) electrons. The van der Waals surface area contributed by atoms with Gasteiger partial charge in [-0.3, -0.25) is 0 Å². The molecule has 13 aromatic rings. The van der Waals surface area contributed by atoms with Crippen LogP contribution in [0.1, 0.15) is 0 Å². The second kappa shape index (κ2) is 16.6. The van der Waals surface area contributed by atoms with Crippen LogP contribution < -0.4 is 0 Å². The summed E-state index contributed by atoms with van der Waals surface area (Å²) in [7, 11) is 0. The number of aromatic nitrogens is 4. The van der Waals surface area contributed by atoms with Crippen LogP contribution >= 0.6 is 11.3 Å². The van der Waals surface area contributed by atoms with Crippen LogP contribution in [0.3, 0.4) is 0 Å². The summed E-state index contributed by atoms with van der Waals surface area (Å²) in [6.07, 6.45) is 0. The van der Waals surface area contributed by atoms with Crippen molar-refractivity contribution in [1.82, 2.24) is 19.5 Å². The van der Waals surface area contributed by atoms with Gasteiger partial charge in [0.1, 0.15) is 0 Å². The quantitative estimate of drug-likeness (QED) is 0.153. The van der Waals surface area contributed by atoms with Crippen molar-refractivity contribution < 1.29 is 0 Å². The fraction of sp³-hybridized carbons (Fsp3) is 0. The Kier molecular flexibility index (Phi) is 9.66. The van der Waals surface area contributed by atoms with Crippen molar-refractivity contribution in [2.75, 3.05) is 0 Å². The van der Waals surface area contributed by atoms with Gasteiger partial charge >= 0.3 is 0 Å². The highest BCUT2D eigenvalue weighted by Gasteiger charge is 2.21. The van der Waals surface area contributed by atoms with Gasteiger partial charge in [0.15, 0.2) is 17.5 Å². The molecule has 0 saturated heterocycles. The van der Waals surface area contributed by atoms with Gasteiger partial charge < -0.3 is 4.57 Å². The molecular weight excluding hydrogens is 845 g/mol. The molecule has 0 unspecified atom stereocenters. The minimum Gasteiger partial charge on any atom is -0.309 e. The molecule has 0 aliphatic rings. The summed E-state index contributed by atoms with van der Waals surface area (Å²) in [5, 5.41) is 4.92. The summed E-state index contributed by atoms with van der Waals surface area (Å²) in [6, 6.07) is 86.5. The maximum absolute atomic E-state index is 5.34. The fourth-order valence-electron chi connectivity index (χ4n) is 9.77. The van der Waals surface area contributed by atoms with E-state index in [1.165, 1.54) is 58.8 Å². The number of fused-ring (bicyclic) bond motifs is 6. The Hall–Kier alpha value is -8.77. The molecule has 0 amide bonds. The van der Waals surface area contributed by atoms with Crippen LogP contribution in [-0.4, -0.2) is 19.5 Å². The molecule has 0 atom stereocenters. The number of hydrogen-bond acceptors (Lipinski definition) is 4. The minimum atomic E-state index is 0.602. The van der Waals surface area contributed by atoms with E-state index >= 15 is 0 Å². The van der Waals surface area contributed by atoms with Crippen molar-refractivity contribution in [2.24, 2.45) is 0 Å². The van der Waals surface area contributed by atoms with Crippen LogP contribution in [0.4, 0.5) is 0 Å². The van der Waals surface area contributed by atoms with Gasteiger partial charge in [-0.05, 0) is 81.4 Å². The van der Waals surface area contributed by atoms with Crippen LogP contribution in [0.5, 0.6) is 0 Å². The molecule has 68 heavy (non-hydrogen) atoms. The number of benzene rings is 10. The lowest BCUT2D eigenvalue weighted by Gasteiger charge is -2.17. The SMILES string of the molecule is c1ccc(-c2ccc3c(c2)c2cc(-c4ccccc4)ccc2n3-c2cc(-c3nc(-c4ccccc4)nc(-c4cccc(-c5cccc6c5sc5ccccc56)c4)n3)ccc2-c2ccccc2)cc1. The molecule has 0 saturated carbocycles. The Bertz CT molecular complexity index is 3910. The van der Waals surface area contributed by atoms with Gasteiger partial charge in [0.2, 0.25) is 0 Å². The number of hydrogen-bond donors (Lipinski definition) is 0. The lowest BCUT2D eigenvalue weighted by Crippen LogP contribution is -2.02. The molecule has 318 valence electrons. The fourth-order valence-corrected chi connectivity index (χ4v) is 11.0. The first kappa shape index (κ1) is 39.6. The zero-order chi connectivity index (χ0) is 45.0. The average Bonchev–Trinajstić information content (AvgIpc) is 3.97. The minimum absolute atomic E-state index is 0.602. The average molecular weight is 885 g/mol. The molecule has 5 heteroatoms. The van der Waals surface area contributed by atoms with E-state index in [9.17, 15) is 0 Å². The number of rotatable bonds is 8. The van der Waals surface area contributed by atoms with E-state index in [2.05, 4.69) is 229 Å². The summed E-state index contributed by atoms with van der Waals surface area (Å²) in [6.45, 7) is 0. The second-order valence-electron chi connectivity index (χ2n) is 17.2. The monoisotopic (exact) mass is 884 g/mol. The summed E-state index contributed by atoms with van der Waals surface area (Å²) < 4.78 is 4.99. The third-order valence-corrected chi connectivity index (χ3v) is 14.3. The molecule has 13 rings (SSSR count). The van der Waals surface area contributed by atoms with Crippen molar-refractivity contribution >= 4 is 53.3 Å². The predicted molar refractivity (Wildman–Crippen MR) is 285 cm³/mol. The predicted octanol–water partition coefficient (Wildman–Crippen LogP) is 17.0. The van der Waals surface area contributed by atoms with E-state index in [0.717, 1.165) is 50.1 Å². The molecule has 3 heterocycles. The van der Waals surface area contributed by atoms with Crippen LogP contribution in [0, 0.1) is 0 Å². The smallest absolute Gasteiger partial charge is 0.164 e. The van der Waals surface area contributed by atoms with Crippen molar-refractivity contribution in [2.45, 2.75) is 0 Å². The standard InChI is InChI=1S/C63H40N4S/c1-5-17-41(18-6-1)45-32-35-56-54(38-45)55-39-46(42-19-7-2-8-20-42)33-36-57(55)67(56)58-40-49(31-34-50(58)43-21-9-3-10-22-43)63-65-61(44-23-11-4-12-24-44)64-62(66-63)48-26-15-25-47(37-48)51-28-16-29-53-52-27-13-14-30-59(52)68-60(51)53/h1-40H. The second-order valence-corrected chi connectivity index (χ2v) is 18.2. The molecule has 0 N–H and O–H groups in total. The summed E-state index contributed by atoms with van der Waals surface area (Å²) in [5.74, 6) is 1.84. The van der Waals surface area contributed by atoms with E-state index < -0.39 is 0 Å². The van der Waals surface area contributed by atoms with Gasteiger partial charge in [0.25, 0.3) is 0 Å². The van der Waals surface area contributed by atoms with Crippen molar-refractivity contribution in [3.63, 3.8) is 0 Å². The number of thiophene rings is 1. The van der Waals surface area contributed by atoms with E-state index in [4.69, 9.17) is 15.0 Å². The van der Waals surface area contributed by atoms with E-state index in [-0.39, 0.29) is 0 Å². The van der Waals surface area contributed by atoms with E-state index in [0.29, 0.717) is 17.5 Å². The molecule has 10 aromatic carbocycles. The van der Waals surface area contributed by atoms with Gasteiger partial charge in [-0.25, -0.2) is 15.0 Å². The maximum Gasteiger partial charge on any atom is 0.164 e. The summed E-state index contributed by atoms with van der Waals surface area (Å²) in [4.78, 5) is 15.8. The largest absolute Gasteiger partial charge is 0.309 e. The Morgan fingerprint density at radius 3 is 1.38 bits per heavy atom. The summed E-state index contributed by atoms with van der Waals surface area (Å²) >= 11 is 1.84. The molecule has 4 nitrogen and oxygen atoms in total. The van der Waals surface area contributed by atoms with Gasteiger partial charge in [-0.2, -0.15) is 0 Å². The van der Waals surface area contributed by atoms with E-state index in [1.807, 2.05) is 29.5 Å². The molecule has 0 aliphatic heterocycles. The zero-order valence-corrected chi connectivity index (χ0v) is 37.6.